The lowest BCUT2D eigenvalue weighted by molar-refractivity contribution is 0.101. The van der Waals surface area contributed by atoms with Crippen LogP contribution in [-0.2, 0) is 13.0 Å². The fraction of sp³-hybridized carbons (Fsp3) is 0.233. The van der Waals surface area contributed by atoms with Crippen LogP contribution in [0.1, 0.15) is 60.7 Å². The third-order valence-corrected chi connectivity index (χ3v) is 5.47. The Morgan fingerprint density at radius 1 is 1.19 bits per heavy atom. The number of aromatic hydroxyl groups is 1. The van der Waals surface area contributed by atoms with Crippen molar-refractivity contribution in [3.63, 3.8) is 0 Å². The molecule has 7 heteroatoms. The predicted molar refractivity (Wildman–Crippen MR) is 145 cm³/mol. The van der Waals surface area contributed by atoms with Crippen LogP contribution in [0.25, 0.3) is 5.70 Å². The van der Waals surface area contributed by atoms with Crippen LogP contribution in [0.4, 0.5) is 0 Å². The molecule has 37 heavy (non-hydrogen) atoms. The molecular weight excluding hydrogens is 466 g/mol. The maximum absolute atomic E-state index is 11.8. The van der Waals surface area contributed by atoms with E-state index < -0.39 is 0 Å². The van der Waals surface area contributed by atoms with Crippen molar-refractivity contribution in [3.8, 4) is 23.1 Å². The van der Waals surface area contributed by atoms with Gasteiger partial charge >= 0.3 is 0 Å². The number of rotatable bonds is 13. The zero-order valence-corrected chi connectivity index (χ0v) is 21.5. The molecule has 192 valence electrons. The average molecular weight is 500 g/mol. The van der Waals surface area contributed by atoms with Gasteiger partial charge in [-0.05, 0) is 55.7 Å². The first kappa shape index (κ1) is 27.1. The summed E-state index contributed by atoms with van der Waals surface area (Å²) in [5, 5.41) is 10.6. The van der Waals surface area contributed by atoms with Crippen molar-refractivity contribution in [2.45, 2.75) is 46.6 Å². The van der Waals surface area contributed by atoms with Gasteiger partial charge in [0.15, 0.2) is 5.78 Å². The molecule has 2 aromatic carbocycles. The second kappa shape index (κ2) is 13.6. The van der Waals surface area contributed by atoms with E-state index in [1.54, 1.807) is 24.4 Å². The Bertz CT molecular complexity index is 1290. The van der Waals surface area contributed by atoms with Gasteiger partial charge in [0.05, 0.1) is 5.56 Å². The smallest absolute Gasteiger partial charge is 0.219 e. The molecule has 0 aliphatic heterocycles. The number of carbonyl (C=O) groups excluding carboxylic acids is 1. The standard InChI is InChI=1S/C30H33N3O4/c1-5-8-17-32-33-27(7-3)23-13-16-29(31-19-23)37-24-12-9-11-22(18-24)20-36-28-15-14-25(21(4)34)30(35)26(28)10-6-2/h8-9,11-19,32-33,35H,3,5-6,10,20H2,1-2,4H3/b17-8-. The summed E-state index contributed by atoms with van der Waals surface area (Å²) in [6.45, 7) is 9.50. The van der Waals surface area contributed by atoms with Gasteiger partial charge in [-0.15, -0.1) is 5.73 Å². The molecule has 7 nitrogen and oxygen atoms in total. The number of carbonyl (C=O) groups is 1. The number of phenols is 1. The summed E-state index contributed by atoms with van der Waals surface area (Å²) in [6, 6.07) is 14.5. The van der Waals surface area contributed by atoms with Crippen molar-refractivity contribution in [1.29, 1.82) is 0 Å². The van der Waals surface area contributed by atoms with Crippen LogP contribution in [0.2, 0.25) is 0 Å². The van der Waals surface area contributed by atoms with Crippen LogP contribution >= 0.6 is 0 Å². The molecule has 3 rings (SSSR count). The number of allylic oxidation sites excluding steroid dienone is 1. The molecule has 0 saturated heterocycles. The highest BCUT2D eigenvalue weighted by atomic mass is 16.5. The molecule has 0 radical (unpaired) electrons. The number of ketones is 1. The quantitative estimate of drug-likeness (QED) is 0.141. The van der Waals surface area contributed by atoms with E-state index in [-0.39, 0.29) is 18.1 Å². The van der Waals surface area contributed by atoms with Gasteiger partial charge in [0, 0.05) is 29.6 Å². The van der Waals surface area contributed by atoms with Crippen molar-refractivity contribution in [3.05, 3.63) is 102 Å². The van der Waals surface area contributed by atoms with E-state index in [2.05, 4.69) is 35.1 Å². The Balaban J connectivity index is 1.67. The van der Waals surface area contributed by atoms with Crippen molar-refractivity contribution in [2.24, 2.45) is 0 Å². The van der Waals surface area contributed by atoms with Gasteiger partial charge < -0.3 is 20.0 Å². The summed E-state index contributed by atoms with van der Waals surface area (Å²) in [6.07, 6.45) is 7.83. The van der Waals surface area contributed by atoms with Crippen LogP contribution in [0.15, 0.2) is 79.3 Å². The predicted octanol–water partition coefficient (Wildman–Crippen LogP) is 6.46. The number of aromatic nitrogens is 1. The van der Waals surface area contributed by atoms with E-state index in [1.165, 1.54) is 6.92 Å². The highest BCUT2D eigenvalue weighted by Gasteiger charge is 2.16. The number of Topliss-reactive ketones (excluding diaryl/α,β-unsaturated/α-hetero) is 1. The second-order valence-electron chi connectivity index (χ2n) is 8.30. The highest BCUT2D eigenvalue weighted by molar-refractivity contribution is 5.97. The zero-order chi connectivity index (χ0) is 26.6. The summed E-state index contributed by atoms with van der Waals surface area (Å²) < 4.78 is 12.0. The van der Waals surface area contributed by atoms with Crippen molar-refractivity contribution in [1.82, 2.24) is 15.8 Å². The number of ether oxygens (including phenoxy) is 2. The lowest BCUT2D eigenvalue weighted by Gasteiger charge is -2.15. The van der Waals surface area contributed by atoms with E-state index in [4.69, 9.17) is 9.47 Å². The normalized spacial score (nSPS) is 10.6. The van der Waals surface area contributed by atoms with Gasteiger partial charge in [0.1, 0.15) is 29.6 Å². The molecule has 1 heterocycles. The Morgan fingerprint density at radius 3 is 2.70 bits per heavy atom. The van der Waals surface area contributed by atoms with Gasteiger partial charge in [-0.25, -0.2) is 4.98 Å². The van der Waals surface area contributed by atoms with Crippen molar-refractivity contribution in [2.75, 3.05) is 0 Å². The first-order chi connectivity index (χ1) is 18.0. The lowest BCUT2D eigenvalue weighted by atomic mass is 10.0. The lowest BCUT2D eigenvalue weighted by Crippen LogP contribution is -2.24. The van der Waals surface area contributed by atoms with E-state index in [0.29, 0.717) is 40.6 Å². The van der Waals surface area contributed by atoms with Crippen LogP contribution in [0.3, 0.4) is 0 Å². The number of hydrogen-bond acceptors (Lipinski definition) is 7. The third-order valence-electron chi connectivity index (χ3n) is 5.47. The molecule has 3 aromatic rings. The highest BCUT2D eigenvalue weighted by Crippen LogP contribution is 2.33. The van der Waals surface area contributed by atoms with Gasteiger partial charge in [-0.2, -0.15) is 0 Å². The minimum Gasteiger partial charge on any atom is -0.507 e. The molecule has 3 N–H and O–H groups in total. The number of nitrogens with one attached hydrogen (secondary N) is 2. The first-order valence-corrected chi connectivity index (χ1v) is 12.2. The monoisotopic (exact) mass is 499 g/mol. The van der Waals surface area contributed by atoms with E-state index in [1.807, 2.05) is 49.5 Å². The first-order valence-electron chi connectivity index (χ1n) is 12.2. The minimum atomic E-state index is -0.179. The Kier molecular flexibility index (Phi) is 9.94. The maximum Gasteiger partial charge on any atom is 0.219 e. The van der Waals surface area contributed by atoms with Crippen LogP contribution in [-0.4, -0.2) is 15.9 Å². The summed E-state index contributed by atoms with van der Waals surface area (Å²) in [5.41, 5.74) is 12.2. The summed E-state index contributed by atoms with van der Waals surface area (Å²) in [4.78, 5) is 16.2. The number of benzene rings is 2. The SMILES string of the molecule is C=C=C(NN/C=C\CC)c1ccc(Oc2cccc(COc3ccc(C(C)=O)c(O)c3CCC)c2)nc1. The number of hydrogen-bond donors (Lipinski definition) is 3. The Labute approximate surface area is 218 Å². The van der Waals surface area contributed by atoms with Gasteiger partial charge in [0.25, 0.3) is 0 Å². The van der Waals surface area contributed by atoms with E-state index in [0.717, 1.165) is 24.0 Å². The van der Waals surface area contributed by atoms with Crippen LogP contribution in [0, 0.1) is 0 Å². The fourth-order valence-corrected chi connectivity index (χ4v) is 3.61. The summed E-state index contributed by atoms with van der Waals surface area (Å²) in [7, 11) is 0. The number of hydrazine groups is 1. The molecule has 0 amide bonds. The minimum absolute atomic E-state index is 0.00341. The maximum atomic E-state index is 11.8. The second-order valence-corrected chi connectivity index (χ2v) is 8.30. The topological polar surface area (TPSA) is 92.7 Å². The largest absolute Gasteiger partial charge is 0.507 e. The van der Waals surface area contributed by atoms with Crippen molar-refractivity contribution >= 4 is 11.5 Å². The van der Waals surface area contributed by atoms with E-state index in [9.17, 15) is 9.90 Å². The number of nitrogens with zero attached hydrogens (tertiary/aromatic N) is 1. The van der Waals surface area contributed by atoms with E-state index >= 15 is 0 Å². The van der Waals surface area contributed by atoms with Gasteiger partial charge in [-0.1, -0.05) is 45.1 Å². The third kappa shape index (κ3) is 7.50. The van der Waals surface area contributed by atoms with Crippen LogP contribution < -0.4 is 20.3 Å². The number of pyridine rings is 1. The molecule has 0 saturated carbocycles. The van der Waals surface area contributed by atoms with Gasteiger partial charge in [-0.3, -0.25) is 10.2 Å². The molecule has 0 unspecified atom stereocenters. The molecular formula is C30H33N3O4. The molecule has 0 aliphatic rings. The van der Waals surface area contributed by atoms with Crippen molar-refractivity contribution < 1.29 is 19.4 Å². The molecule has 0 bridgehead atoms. The molecule has 0 atom stereocenters. The van der Waals surface area contributed by atoms with Gasteiger partial charge in [0.2, 0.25) is 5.88 Å². The summed E-state index contributed by atoms with van der Waals surface area (Å²) in [5.74, 6) is 1.44. The Morgan fingerprint density at radius 2 is 2.03 bits per heavy atom. The molecule has 0 aliphatic carbocycles. The molecule has 0 fully saturated rings. The fourth-order valence-electron chi connectivity index (χ4n) is 3.61. The molecule has 0 spiro atoms. The Hall–Kier alpha value is -4.48. The number of phenolic OH excluding ortho intramolecular Hbond substituents is 1. The summed E-state index contributed by atoms with van der Waals surface area (Å²) >= 11 is 0. The zero-order valence-electron chi connectivity index (χ0n) is 21.5. The van der Waals surface area contributed by atoms with Crippen LogP contribution in [0.5, 0.6) is 23.1 Å². The average Bonchev–Trinajstić information content (AvgIpc) is 2.90. The molecule has 1 aromatic heterocycles.